The van der Waals surface area contributed by atoms with Crippen molar-refractivity contribution in [3.63, 3.8) is 0 Å². The van der Waals surface area contributed by atoms with Crippen molar-refractivity contribution in [3.05, 3.63) is 18.2 Å². The lowest BCUT2D eigenvalue weighted by atomic mass is 9.94. The van der Waals surface area contributed by atoms with Crippen LogP contribution in [-0.4, -0.2) is 84.8 Å². The summed E-state index contributed by atoms with van der Waals surface area (Å²) in [5.41, 5.74) is 0.779. The van der Waals surface area contributed by atoms with Crippen LogP contribution in [0.4, 0.5) is 5.69 Å². The highest BCUT2D eigenvalue weighted by Gasteiger charge is 2.42. The van der Waals surface area contributed by atoms with E-state index in [1.807, 2.05) is 25.1 Å². The molecule has 4 aliphatic rings. The van der Waals surface area contributed by atoms with Gasteiger partial charge < -0.3 is 19.7 Å². The summed E-state index contributed by atoms with van der Waals surface area (Å²) < 4.78 is 12.4. The van der Waals surface area contributed by atoms with Crippen molar-refractivity contribution in [3.8, 4) is 11.5 Å². The Labute approximate surface area is 192 Å². The lowest BCUT2D eigenvalue weighted by Gasteiger charge is -2.43. The van der Waals surface area contributed by atoms with E-state index >= 15 is 0 Å². The van der Waals surface area contributed by atoms with Crippen LogP contribution in [0, 0.1) is 0 Å². The third-order valence-electron chi connectivity index (χ3n) is 7.81. The van der Waals surface area contributed by atoms with E-state index in [9.17, 15) is 4.79 Å². The fraction of sp³-hybridized carbons (Fsp3) is 0.720. The fourth-order valence-electron chi connectivity index (χ4n) is 5.81. The van der Waals surface area contributed by atoms with Crippen molar-refractivity contribution < 1.29 is 14.3 Å². The van der Waals surface area contributed by atoms with Crippen molar-refractivity contribution in [1.29, 1.82) is 0 Å². The largest absolute Gasteiger partial charge is 0.448 e. The van der Waals surface area contributed by atoms with Gasteiger partial charge in [0.15, 0.2) is 11.5 Å². The first-order valence-corrected chi connectivity index (χ1v) is 12.5. The van der Waals surface area contributed by atoms with Crippen LogP contribution in [0.2, 0.25) is 0 Å². The molecule has 2 saturated heterocycles. The monoisotopic (exact) mass is 442 g/mol. The highest BCUT2D eigenvalue weighted by Crippen LogP contribution is 2.46. The molecule has 3 heterocycles. The van der Waals surface area contributed by atoms with Gasteiger partial charge in [-0.3, -0.25) is 14.6 Å². The number of hydrogen-bond donors (Lipinski definition) is 1. The van der Waals surface area contributed by atoms with E-state index in [2.05, 4.69) is 27.1 Å². The van der Waals surface area contributed by atoms with Gasteiger partial charge in [0.05, 0.1) is 6.04 Å². The van der Waals surface area contributed by atoms with Crippen LogP contribution in [0.25, 0.3) is 0 Å². The Kier molecular flexibility index (Phi) is 6.32. The number of piperidine rings is 1. The van der Waals surface area contributed by atoms with Crippen molar-refractivity contribution in [2.45, 2.75) is 69.7 Å². The number of ether oxygens (including phenoxy) is 2. The average Bonchev–Trinajstić information content (AvgIpc) is 3.15. The molecule has 5 rings (SSSR count). The number of nitrogens with one attached hydrogen (secondary N) is 1. The molecule has 7 heteroatoms. The van der Waals surface area contributed by atoms with E-state index in [-0.39, 0.29) is 11.9 Å². The maximum Gasteiger partial charge on any atom is 0.251 e. The Bertz CT molecular complexity index is 817. The average molecular weight is 443 g/mol. The summed E-state index contributed by atoms with van der Waals surface area (Å²) in [6.45, 7) is 8.38. The summed E-state index contributed by atoms with van der Waals surface area (Å²) in [7, 11) is 2.22. The van der Waals surface area contributed by atoms with Gasteiger partial charge in [0.2, 0.25) is 5.91 Å². The molecule has 176 valence electrons. The first kappa shape index (κ1) is 22.0. The number of hydrogen-bond acceptors (Lipinski definition) is 6. The molecule has 1 saturated carbocycles. The minimum Gasteiger partial charge on any atom is -0.448 e. The second kappa shape index (κ2) is 9.20. The van der Waals surface area contributed by atoms with Gasteiger partial charge in [-0.05, 0) is 58.3 Å². The highest BCUT2D eigenvalue weighted by atomic mass is 16.7. The summed E-state index contributed by atoms with van der Waals surface area (Å²) in [6, 6.07) is 6.29. The zero-order chi connectivity index (χ0) is 22.1. The van der Waals surface area contributed by atoms with E-state index < -0.39 is 5.79 Å². The predicted octanol–water partition coefficient (Wildman–Crippen LogP) is 3.16. The lowest BCUT2D eigenvalue weighted by Crippen LogP contribution is -2.57. The second-order valence-corrected chi connectivity index (χ2v) is 10.1. The SMILES string of the molecule is CC(C(=O)Nc1ccc2c(c1)OC1(CCCCC1)O2)N1CCN(C2CCCN(C)C2)CC1. The van der Waals surface area contributed by atoms with Crippen molar-refractivity contribution >= 4 is 11.6 Å². The van der Waals surface area contributed by atoms with Crippen molar-refractivity contribution in [1.82, 2.24) is 14.7 Å². The smallest absolute Gasteiger partial charge is 0.251 e. The quantitative estimate of drug-likeness (QED) is 0.773. The van der Waals surface area contributed by atoms with Crippen LogP contribution in [0.1, 0.15) is 51.9 Å². The number of likely N-dealkylation sites (tertiary alicyclic amines) is 1. The van der Waals surface area contributed by atoms with Crippen LogP contribution >= 0.6 is 0 Å². The second-order valence-electron chi connectivity index (χ2n) is 10.1. The van der Waals surface area contributed by atoms with E-state index in [1.165, 1.54) is 32.4 Å². The zero-order valence-electron chi connectivity index (χ0n) is 19.6. The minimum absolute atomic E-state index is 0.0436. The molecule has 1 aliphatic carbocycles. The molecule has 2 atom stereocenters. The Hall–Kier alpha value is -1.83. The van der Waals surface area contributed by atoms with Gasteiger partial charge in [0.25, 0.3) is 5.79 Å². The number of benzene rings is 1. The molecule has 0 bridgehead atoms. The van der Waals surface area contributed by atoms with Gasteiger partial charge >= 0.3 is 0 Å². The summed E-state index contributed by atoms with van der Waals surface area (Å²) in [5, 5.41) is 3.10. The highest BCUT2D eigenvalue weighted by molar-refractivity contribution is 5.94. The van der Waals surface area contributed by atoms with Gasteiger partial charge in [-0.15, -0.1) is 0 Å². The molecule has 1 N–H and O–H groups in total. The standard InChI is InChI=1S/C25H38N4O3/c1-19(28-13-15-29(16-14-28)21-7-6-12-27(2)18-21)24(30)26-20-8-9-22-23(17-20)32-25(31-22)10-4-3-5-11-25/h8-9,17,19,21H,3-7,10-16,18H2,1-2H3,(H,26,30). The minimum atomic E-state index is -0.483. The zero-order valence-corrected chi connectivity index (χ0v) is 19.6. The lowest BCUT2D eigenvalue weighted by molar-refractivity contribution is -0.121. The van der Waals surface area contributed by atoms with E-state index in [0.717, 1.165) is 69.0 Å². The van der Waals surface area contributed by atoms with E-state index in [4.69, 9.17) is 9.47 Å². The summed E-state index contributed by atoms with van der Waals surface area (Å²) >= 11 is 0. The number of rotatable bonds is 4. The first-order chi connectivity index (χ1) is 15.5. The van der Waals surface area contributed by atoms with Gasteiger partial charge in [-0.1, -0.05) is 6.42 Å². The molecule has 3 aliphatic heterocycles. The number of anilines is 1. The van der Waals surface area contributed by atoms with Crippen LogP contribution in [0.5, 0.6) is 11.5 Å². The van der Waals surface area contributed by atoms with Gasteiger partial charge in [-0.2, -0.15) is 0 Å². The third kappa shape index (κ3) is 4.61. The number of amides is 1. The van der Waals surface area contributed by atoms with Crippen LogP contribution in [-0.2, 0) is 4.79 Å². The Morgan fingerprint density at radius 1 is 1.03 bits per heavy atom. The van der Waals surface area contributed by atoms with Crippen LogP contribution in [0.15, 0.2) is 18.2 Å². The number of fused-ring (bicyclic) bond motifs is 1. The first-order valence-electron chi connectivity index (χ1n) is 12.5. The van der Waals surface area contributed by atoms with E-state index in [1.54, 1.807) is 0 Å². The number of likely N-dealkylation sites (N-methyl/N-ethyl adjacent to an activating group) is 1. The number of piperazine rings is 1. The summed E-state index contributed by atoms with van der Waals surface area (Å²) in [4.78, 5) is 20.4. The number of carbonyl (C=O) groups excluding carboxylic acids is 1. The molecule has 0 aromatic heterocycles. The Morgan fingerprint density at radius 2 is 1.78 bits per heavy atom. The maximum absolute atomic E-state index is 13.0. The Morgan fingerprint density at radius 3 is 2.53 bits per heavy atom. The summed E-state index contributed by atoms with van der Waals surface area (Å²) in [6.07, 6.45) is 7.98. The topological polar surface area (TPSA) is 57.3 Å². The molecule has 3 fully saturated rings. The van der Waals surface area contributed by atoms with Crippen LogP contribution in [0.3, 0.4) is 0 Å². The number of nitrogens with zero attached hydrogens (tertiary/aromatic N) is 3. The third-order valence-corrected chi connectivity index (χ3v) is 7.81. The predicted molar refractivity (Wildman–Crippen MR) is 125 cm³/mol. The van der Waals surface area contributed by atoms with Crippen LogP contribution < -0.4 is 14.8 Å². The Balaban J connectivity index is 1.14. The molecule has 1 aromatic rings. The van der Waals surface area contributed by atoms with Gasteiger partial charge in [-0.25, -0.2) is 0 Å². The molecule has 1 spiro atoms. The molecule has 1 aromatic carbocycles. The fourth-order valence-corrected chi connectivity index (χ4v) is 5.81. The molecule has 2 unspecified atom stereocenters. The van der Waals surface area contributed by atoms with Crippen molar-refractivity contribution in [2.24, 2.45) is 0 Å². The molecule has 32 heavy (non-hydrogen) atoms. The van der Waals surface area contributed by atoms with E-state index in [0.29, 0.717) is 6.04 Å². The maximum atomic E-state index is 13.0. The number of carbonyl (C=O) groups is 1. The molecule has 0 radical (unpaired) electrons. The molecule has 7 nitrogen and oxygen atoms in total. The molecular weight excluding hydrogens is 404 g/mol. The van der Waals surface area contributed by atoms with Gasteiger partial charge in [0.1, 0.15) is 0 Å². The van der Waals surface area contributed by atoms with Gasteiger partial charge in [0, 0.05) is 63.4 Å². The molecular formula is C25H38N4O3. The summed E-state index contributed by atoms with van der Waals surface area (Å²) in [5.74, 6) is 1.11. The normalized spacial score (nSPS) is 27.4. The van der Waals surface area contributed by atoms with Crippen molar-refractivity contribution in [2.75, 3.05) is 51.6 Å². The molecule has 1 amide bonds.